The number of furan rings is 1. The molecule has 2 aliphatic rings. The van der Waals surface area contributed by atoms with E-state index in [4.69, 9.17) is 4.42 Å². The summed E-state index contributed by atoms with van der Waals surface area (Å²) in [7, 11) is 0. The van der Waals surface area contributed by atoms with Crippen LogP contribution in [0.3, 0.4) is 0 Å². The standard InChI is InChI=1S/C37H29NO/c1-4-30-28(21-25-17-18-26(20-23(25)2)24-12-6-5-7-13-24)29-22-32-34(27-14-8-9-15-31(27)39-32)35-36(29)38(30)33-16-10-11-19-37(33,35)3/h5-18,20-22H,2,4,19H2,1,3H3/b25-21-. The third-order valence-electron chi connectivity index (χ3n) is 8.89. The molecule has 4 aromatic carbocycles. The van der Waals surface area contributed by atoms with Gasteiger partial charge in [0.05, 0.1) is 5.52 Å². The molecule has 8 rings (SSSR count). The monoisotopic (exact) mass is 503 g/mol. The van der Waals surface area contributed by atoms with E-state index < -0.39 is 0 Å². The van der Waals surface area contributed by atoms with Crippen LogP contribution in [-0.4, -0.2) is 4.57 Å². The van der Waals surface area contributed by atoms with Crippen LogP contribution in [0, 0.1) is 0 Å². The zero-order valence-corrected chi connectivity index (χ0v) is 22.3. The summed E-state index contributed by atoms with van der Waals surface area (Å²) in [6, 6.07) is 27.9. The molecule has 1 unspecified atom stereocenters. The van der Waals surface area contributed by atoms with Crippen molar-refractivity contribution in [2.75, 3.05) is 0 Å². The Balaban J connectivity index is 1.47. The first-order valence-electron chi connectivity index (χ1n) is 13.8. The van der Waals surface area contributed by atoms with E-state index >= 15 is 0 Å². The van der Waals surface area contributed by atoms with Gasteiger partial charge in [0.15, 0.2) is 0 Å². The van der Waals surface area contributed by atoms with Gasteiger partial charge in [0, 0.05) is 44.1 Å². The summed E-state index contributed by atoms with van der Waals surface area (Å²) in [4.78, 5) is 0. The van der Waals surface area contributed by atoms with Crippen molar-refractivity contribution in [1.29, 1.82) is 0 Å². The Hall–Kier alpha value is -4.56. The average molecular weight is 504 g/mol. The van der Waals surface area contributed by atoms with Gasteiger partial charge in [0.1, 0.15) is 11.2 Å². The molecule has 39 heavy (non-hydrogen) atoms. The molecule has 0 saturated heterocycles. The van der Waals surface area contributed by atoms with Crippen molar-refractivity contribution in [3.05, 3.63) is 124 Å². The van der Waals surface area contributed by atoms with Crippen molar-refractivity contribution >= 4 is 51.2 Å². The maximum absolute atomic E-state index is 6.51. The number of allylic oxidation sites excluding steroid dienone is 4. The Kier molecular flexibility index (Phi) is 4.58. The number of hydrogen-bond donors (Lipinski definition) is 0. The summed E-state index contributed by atoms with van der Waals surface area (Å²) >= 11 is 0. The number of benzene rings is 4. The zero-order valence-electron chi connectivity index (χ0n) is 22.3. The predicted octanol–water partition coefficient (Wildman–Crippen LogP) is 8.08. The second kappa shape index (κ2) is 7.97. The average Bonchev–Trinajstić information content (AvgIpc) is 3.57. The number of para-hydroxylation sites is 1. The maximum Gasteiger partial charge on any atom is 0.136 e. The number of aromatic nitrogens is 1. The second-order valence-electron chi connectivity index (χ2n) is 11.1. The summed E-state index contributed by atoms with van der Waals surface area (Å²) in [6.07, 6.45) is 11.1. The van der Waals surface area contributed by atoms with Gasteiger partial charge in [-0.25, -0.2) is 0 Å². The highest BCUT2D eigenvalue weighted by Crippen LogP contribution is 2.56. The first-order chi connectivity index (χ1) is 19.1. The van der Waals surface area contributed by atoms with Crippen LogP contribution >= 0.6 is 0 Å². The summed E-state index contributed by atoms with van der Waals surface area (Å²) in [5.41, 5.74) is 11.0. The number of fused-ring (bicyclic) bond motifs is 7. The Morgan fingerprint density at radius 2 is 1.74 bits per heavy atom. The van der Waals surface area contributed by atoms with E-state index in [9.17, 15) is 0 Å². The van der Waals surface area contributed by atoms with Gasteiger partial charge in [0.2, 0.25) is 0 Å². The normalized spacial score (nSPS) is 18.4. The van der Waals surface area contributed by atoms with Crippen molar-refractivity contribution in [2.45, 2.75) is 32.1 Å². The molecule has 6 aromatic rings. The van der Waals surface area contributed by atoms with Crippen LogP contribution in [-0.2, 0) is 11.8 Å². The van der Waals surface area contributed by atoms with E-state index in [1.54, 1.807) is 0 Å². The summed E-state index contributed by atoms with van der Waals surface area (Å²) in [5, 5.41) is 5.91. The molecule has 3 heterocycles. The molecule has 2 heteroatoms. The van der Waals surface area contributed by atoms with Gasteiger partial charge in [-0.2, -0.15) is 0 Å². The first kappa shape index (κ1) is 22.4. The minimum atomic E-state index is -0.0915. The van der Waals surface area contributed by atoms with Crippen molar-refractivity contribution in [3.63, 3.8) is 0 Å². The van der Waals surface area contributed by atoms with Crippen molar-refractivity contribution in [1.82, 2.24) is 4.57 Å². The Bertz CT molecular complexity index is 2150. The lowest BCUT2D eigenvalue weighted by molar-refractivity contribution is 0.621. The molecule has 0 bridgehead atoms. The first-order valence-corrected chi connectivity index (χ1v) is 13.8. The minimum absolute atomic E-state index is 0.0915. The van der Waals surface area contributed by atoms with E-state index in [0.717, 1.165) is 34.4 Å². The largest absolute Gasteiger partial charge is 0.456 e. The molecule has 0 amide bonds. The van der Waals surface area contributed by atoms with E-state index in [-0.39, 0.29) is 5.41 Å². The molecule has 0 fully saturated rings. The van der Waals surface area contributed by atoms with Gasteiger partial charge in [-0.05, 0) is 71.7 Å². The van der Waals surface area contributed by atoms with Crippen LogP contribution in [0.1, 0.15) is 37.1 Å². The fraction of sp³-hybridized carbons (Fsp3) is 0.135. The molecular weight excluding hydrogens is 474 g/mol. The third-order valence-corrected chi connectivity index (χ3v) is 8.89. The predicted molar refractivity (Wildman–Crippen MR) is 164 cm³/mol. The molecule has 1 atom stereocenters. The summed E-state index contributed by atoms with van der Waals surface area (Å²) in [5.74, 6) is 0. The lowest BCUT2D eigenvalue weighted by Crippen LogP contribution is -2.24. The fourth-order valence-corrected chi connectivity index (χ4v) is 7.05. The van der Waals surface area contributed by atoms with Gasteiger partial charge in [-0.3, -0.25) is 0 Å². The van der Waals surface area contributed by atoms with Gasteiger partial charge in [-0.15, -0.1) is 0 Å². The van der Waals surface area contributed by atoms with Crippen LogP contribution in [0.4, 0.5) is 0 Å². The van der Waals surface area contributed by atoms with Crippen molar-refractivity contribution in [2.24, 2.45) is 0 Å². The topological polar surface area (TPSA) is 18.1 Å². The van der Waals surface area contributed by atoms with E-state index in [0.29, 0.717) is 0 Å². The van der Waals surface area contributed by atoms with Crippen molar-refractivity contribution in [3.8, 4) is 11.1 Å². The Labute approximate surface area is 227 Å². The SMILES string of the molecule is C=c1cc(-c2ccccc2)cc/c1=C/c1c(CC)n2c3c(c4c(cc13)oc1ccccc14)C1(C)CC=CC=C21. The lowest BCUT2D eigenvalue weighted by atomic mass is 9.74. The second-order valence-corrected chi connectivity index (χ2v) is 11.1. The number of rotatable bonds is 3. The van der Waals surface area contributed by atoms with Crippen LogP contribution in [0.15, 0.2) is 102 Å². The smallest absolute Gasteiger partial charge is 0.136 e. The molecule has 0 spiro atoms. The highest BCUT2D eigenvalue weighted by atomic mass is 16.3. The van der Waals surface area contributed by atoms with Gasteiger partial charge >= 0.3 is 0 Å². The summed E-state index contributed by atoms with van der Waals surface area (Å²) in [6.45, 7) is 9.13. The third kappa shape index (κ3) is 2.97. The minimum Gasteiger partial charge on any atom is -0.456 e. The molecule has 0 saturated carbocycles. The van der Waals surface area contributed by atoms with Crippen molar-refractivity contribution < 1.29 is 4.42 Å². The molecule has 2 aromatic heterocycles. The molecule has 2 nitrogen and oxygen atoms in total. The van der Waals surface area contributed by atoms with E-state index in [2.05, 4.69) is 128 Å². The quantitative estimate of drug-likeness (QED) is 0.239. The molecule has 0 radical (unpaired) electrons. The molecular formula is C37H29NO. The van der Waals surface area contributed by atoms with Gasteiger partial charge in [-0.1, -0.05) is 86.3 Å². The highest BCUT2D eigenvalue weighted by molar-refractivity contribution is 6.17. The Morgan fingerprint density at radius 3 is 2.56 bits per heavy atom. The zero-order chi connectivity index (χ0) is 26.3. The maximum atomic E-state index is 6.51. The number of hydrogen-bond acceptors (Lipinski definition) is 1. The molecule has 1 aliphatic heterocycles. The van der Waals surface area contributed by atoms with Crippen LogP contribution in [0.2, 0.25) is 0 Å². The fourth-order valence-electron chi connectivity index (χ4n) is 7.05. The molecule has 188 valence electrons. The van der Waals surface area contributed by atoms with E-state index in [1.807, 2.05) is 0 Å². The summed E-state index contributed by atoms with van der Waals surface area (Å²) < 4.78 is 9.07. The van der Waals surface area contributed by atoms with E-state index in [1.165, 1.54) is 55.3 Å². The van der Waals surface area contributed by atoms with Crippen LogP contribution in [0.5, 0.6) is 0 Å². The highest BCUT2D eigenvalue weighted by Gasteiger charge is 2.44. The van der Waals surface area contributed by atoms with Gasteiger partial charge < -0.3 is 8.98 Å². The van der Waals surface area contributed by atoms with Crippen LogP contribution in [0.25, 0.3) is 62.3 Å². The molecule has 1 aliphatic carbocycles. The van der Waals surface area contributed by atoms with Crippen LogP contribution < -0.4 is 10.4 Å². The Morgan fingerprint density at radius 1 is 0.923 bits per heavy atom. The number of nitrogens with zero attached hydrogens (tertiary/aromatic N) is 1. The van der Waals surface area contributed by atoms with Gasteiger partial charge in [0.25, 0.3) is 0 Å². The molecule has 0 N–H and O–H groups in total. The lowest BCUT2D eigenvalue weighted by Gasteiger charge is -2.30.